The summed E-state index contributed by atoms with van der Waals surface area (Å²) in [5.74, 6) is 1.78. The lowest BCUT2D eigenvalue weighted by Crippen LogP contribution is -2.35. The Kier molecular flexibility index (Phi) is 5.50. The second-order valence-electron chi connectivity index (χ2n) is 6.82. The summed E-state index contributed by atoms with van der Waals surface area (Å²) in [7, 11) is 0. The highest BCUT2D eigenvalue weighted by Gasteiger charge is 2.17. The number of rotatable bonds is 5. The summed E-state index contributed by atoms with van der Waals surface area (Å²) >= 11 is 3.55. The van der Waals surface area contributed by atoms with E-state index in [1.165, 1.54) is 31.2 Å². The van der Waals surface area contributed by atoms with Gasteiger partial charge in [0.2, 0.25) is 0 Å². The minimum Gasteiger partial charge on any atom is -0.493 e. The van der Waals surface area contributed by atoms with Gasteiger partial charge in [-0.15, -0.1) is 0 Å². The molecule has 1 saturated carbocycles. The summed E-state index contributed by atoms with van der Waals surface area (Å²) in [6.07, 6.45) is 5.39. The van der Waals surface area contributed by atoms with Crippen molar-refractivity contribution in [1.29, 1.82) is 0 Å². The van der Waals surface area contributed by atoms with Crippen molar-refractivity contribution in [3.63, 3.8) is 0 Å². The normalized spacial score (nSPS) is 16.6. The van der Waals surface area contributed by atoms with Crippen LogP contribution >= 0.6 is 15.9 Å². The molecule has 0 spiro atoms. The van der Waals surface area contributed by atoms with Crippen molar-refractivity contribution in [3.8, 4) is 5.75 Å². The molecule has 0 bridgehead atoms. The van der Waals surface area contributed by atoms with Crippen molar-refractivity contribution >= 4 is 15.9 Å². The van der Waals surface area contributed by atoms with Crippen LogP contribution in [0.1, 0.15) is 52.0 Å². The molecule has 2 nitrogen and oxygen atoms in total. The first-order chi connectivity index (χ1) is 9.44. The molecule has 0 aromatic heterocycles. The van der Waals surface area contributed by atoms with Gasteiger partial charge in [-0.05, 0) is 57.7 Å². The van der Waals surface area contributed by atoms with E-state index in [9.17, 15) is 0 Å². The lowest BCUT2D eigenvalue weighted by molar-refractivity contribution is 0.248. The summed E-state index contributed by atoms with van der Waals surface area (Å²) in [5.41, 5.74) is 1.35. The maximum absolute atomic E-state index is 6.08. The summed E-state index contributed by atoms with van der Waals surface area (Å²) < 4.78 is 7.19. The maximum Gasteiger partial charge on any atom is 0.123 e. The largest absolute Gasteiger partial charge is 0.493 e. The van der Waals surface area contributed by atoms with Crippen LogP contribution in [-0.4, -0.2) is 12.1 Å². The Labute approximate surface area is 131 Å². The zero-order chi connectivity index (χ0) is 14.6. The Bertz CT molecular complexity index is 433. The van der Waals surface area contributed by atoms with E-state index in [4.69, 9.17) is 4.74 Å². The van der Waals surface area contributed by atoms with Crippen molar-refractivity contribution in [3.05, 3.63) is 28.2 Å². The van der Waals surface area contributed by atoms with Gasteiger partial charge in [-0.1, -0.05) is 28.8 Å². The van der Waals surface area contributed by atoms with Crippen LogP contribution in [-0.2, 0) is 6.54 Å². The molecule has 1 aromatic carbocycles. The third kappa shape index (κ3) is 5.10. The van der Waals surface area contributed by atoms with Gasteiger partial charge in [0, 0.05) is 22.1 Å². The summed E-state index contributed by atoms with van der Waals surface area (Å²) in [4.78, 5) is 0. The van der Waals surface area contributed by atoms with Gasteiger partial charge in [-0.3, -0.25) is 0 Å². The van der Waals surface area contributed by atoms with E-state index >= 15 is 0 Å². The van der Waals surface area contributed by atoms with Crippen LogP contribution in [0.4, 0.5) is 0 Å². The molecule has 0 heterocycles. The number of nitrogens with one attached hydrogen (secondary N) is 1. The lowest BCUT2D eigenvalue weighted by atomic mass is 10.1. The van der Waals surface area contributed by atoms with Crippen LogP contribution in [0, 0.1) is 5.92 Å². The van der Waals surface area contributed by atoms with Gasteiger partial charge in [0.05, 0.1) is 6.61 Å². The van der Waals surface area contributed by atoms with E-state index in [2.05, 4.69) is 60.2 Å². The lowest BCUT2D eigenvalue weighted by Gasteiger charge is -2.22. The van der Waals surface area contributed by atoms with Crippen LogP contribution in [0.5, 0.6) is 5.75 Å². The van der Waals surface area contributed by atoms with Gasteiger partial charge in [0.1, 0.15) is 5.75 Å². The highest BCUT2D eigenvalue weighted by atomic mass is 79.9. The molecule has 0 amide bonds. The monoisotopic (exact) mass is 339 g/mol. The van der Waals surface area contributed by atoms with Gasteiger partial charge in [-0.2, -0.15) is 0 Å². The van der Waals surface area contributed by atoms with Crippen molar-refractivity contribution in [2.45, 2.75) is 58.5 Å². The minimum atomic E-state index is 0.116. The third-order valence-electron chi connectivity index (χ3n) is 3.78. The molecule has 0 atom stereocenters. The second kappa shape index (κ2) is 6.95. The Morgan fingerprint density at radius 3 is 2.60 bits per heavy atom. The van der Waals surface area contributed by atoms with E-state index in [0.29, 0.717) is 0 Å². The first-order valence-corrected chi connectivity index (χ1v) is 8.39. The van der Waals surface area contributed by atoms with E-state index < -0.39 is 0 Å². The summed E-state index contributed by atoms with van der Waals surface area (Å²) in [6.45, 7) is 8.26. The van der Waals surface area contributed by atoms with E-state index in [0.717, 1.165) is 29.3 Å². The van der Waals surface area contributed by atoms with Crippen molar-refractivity contribution in [1.82, 2.24) is 5.32 Å². The number of hydrogen-bond acceptors (Lipinski definition) is 2. The summed E-state index contributed by atoms with van der Waals surface area (Å²) in [6, 6.07) is 6.30. The Morgan fingerprint density at radius 2 is 1.95 bits per heavy atom. The standard InChI is InChI=1S/C17H26BrNO/c1-17(2,3)19-11-14-10-15(18)8-9-16(14)20-12-13-6-4-5-7-13/h8-10,13,19H,4-7,11-12H2,1-3H3. The van der Waals surface area contributed by atoms with Crippen LogP contribution in [0.15, 0.2) is 22.7 Å². The zero-order valence-corrected chi connectivity index (χ0v) is 14.4. The Hall–Kier alpha value is -0.540. The quantitative estimate of drug-likeness (QED) is 0.823. The number of benzene rings is 1. The van der Waals surface area contributed by atoms with Crippen molar-refractivity contribution < 1.29 is 4.74 Å². The van der Waals surface area contributed by atoms with E-state index in [1.807, 2.05) is 0 Å². The molecule has 112 valence electrons. The van der Waals surface area contributed by atoms with Gasteiger partial charge in [0.15, 0.2) is 0 Å². The predicted octanol–water partition coefficient (Wildman–Crippen LogP) is 4.91. The minimum absolute atomic E-state index is 0.116. The average molecular weight is 340 g/mol. The molecule has 0 saturated heterocycles. The average Bonchev–Trinajstić information content (AvgIpc) is 2.87. The molecule has 0 radical (unpaired) electrons. The molecule has 1 aliphatic carbocycles. The van der Waals surface area contributed by atoms with Gasteiger partial charge < -0.3 is 10.1 Å². The molecule has 1 aliphatic rings. The highest BCUT2D eigenvalue weighted by Crippen LogP contribution is 2.28. The van der Waals surface area contributed by atoms with Crippen LogP contribution in [0.2, 0.25) is 0 Å². The Morgan fingerprint density at radius 1 is 1.25 bits per heavy atom. The van der Waals surface area contributed by atoms with Crippen molar-refractivity contribution in [2.75, 3.05) is 6.61 Å². The molecule has 1 fully saturated rings. The first-order valence-electron chi connectivity index (χ1n) is 7.60. The smallest absolute Gasteiger partial charge is 0.123 e. The number of hydrogen-bond donors (Lipinski definition) is 1. The maximum atomic E-state index is 6.08. The fraction of sp³-hybridized carbons (Fsp3) is 0.647. The highest BCUT2D eigenvalue weighted by molar-refractivity contribution is 9.10. The van der Waals surface area contributed by atoms with Crippen LogP contribution in [0.25, 0.3) is 0 Å². The molecular weight excluding hydrogens is 314 g/mol. The fourth-order valence-corrected chi connectivity index (χ4v) is 2.98. The molecular formula is C17H26BrNO. The molecule has 2 rings (SSSR count). The SMILES string of the molecule is CC(C)(C)NCc1cc(Br)ccc1OCC1CCCC1. The van der Waals surface area contributed by atoms with Gasteiger partial charge >= 0.3 is 0 Å². The molecule has 0 aliphatic heterocycles. The zero-order valence-electron chi connectivity index (χ0n) is 12.8. The van der Waals surface area contributed by atoms with Gasteiger partial charge in [-0.25, -0.2) is 0 Å². The van der Waals surface area contributed by atoms with E-state index in [-0.39, 0.29) is 5.54 Å². The first kappa shape index (κ1) is 15.8. The molecule has 20 heavy (non-hydrogen) atoms. The third-order valence-corrected chi connectivity index (χ3v) is 4.27. The van der Waals surface area contributed by atoms with Crippen LogP contribution < -0.4 is 10.1 Å². The number of ether oxygens (including phenoxy) is 1. The molecule has 0 unspecified atom stereocenters. The number of halogens is 1. The Balaban J connectivity index is 1.99. The van der Waals surface area contributed by atoms with E-state index in [1.54, 1.807) is 0 Å². The molecule has 1 N–H and O–H groups in total. The van der Waals surface area contributed by atoms with Gasteiger partial charge in [0.25, 0.3) is 0 Å². The fourth-order valence-electron chi connectivity index (χ4n) is 2.57. The predicted molar refractivity (Wildman–Crippen MR) is 88.2 cm³/mol. The molecule has 3 heteroatoms. The molecule has 1 aromatic rings. The second-order valence-corrected chi connectivity index (χ2v) is 7.73. The topological polar surface area (TPSA) is 21.3 Å². The summed E-state index contributed by atoms with van der Waals surface area (Å²) in [5, 5.41) is 3.53. The van der Waals surface area contributed by atoms with Crippen LogP contribution in [0.3, 0.4) is 0 Å². The van der Waals surface area contributed by atoms with Crippen molar-refractivity contribution in [2.24, 2.45) is 5.92 Å².